The normalized spacial score (nSPS) is 16.0. The lowest BCUT2D eigenvalue weighted by Gasteiger charge is -2.32. The van der Waals surface area contributed by atoms with Crippen molar-refractivity contribution in [3.05, 3.63) is 53.6 Å². The van der Waals surface area contributed by atoms with Crippen molar-refractivity contribution in [2.45, 2.75) is 19.8 Å². The molecule has 0 atom stereocenters. The number of Topliss-reactive ketones (excluding diaryl/α,β-unsaturated/α-hetero) is 1. The van der Waals surface area contributed by atoms with Crippen LogP contribution in [0.15, 0.2) is 42.5 Å². The van der Waals surface area contributed by atoms with Gasteiger partial charge in [0.2, 0.25) is 0 Å². The number of piperidine rings is 1. The molecule has 2 aliphatic rings. The van der Waals surface area contributed by atoms with Crippen molar-refractivity contribution < 1.29 is 28.5 Å². The molecule has 0 bridgehead atoms. The van der Waals surface area contributed by atoms with Crippen LogP contribution in [0.5, 0.6) is 17.2 Å². The van der Waals surface area contributed by atoms with Gasteiger partial charge in [-0.1, -0.05) is 12.1 Å². The lowest BCUT2D eigenvalue weighted by Crippen LogP contribution is -2.40. The number of ether oxygens (including phenoxy) is 4. The molecule has 0 spiro atoms. The molecule has 0 radical (unpaired) electrons. The van der Waals surface area contributed by atoms with Crippen LogP contribution in [0.4, 0.5) is 0 Å². The van der Waals surface area contributed by atoms with E-state index in [2.05, 4.69) is 0 Å². The maximum Gasteiger partial charge on any atom is 0.257 e. The van der Waals surface area contributed by atoms with E-state index in [1.165, 1.54) is 0 Å². The van der Waals surface area contributed by atoms with Crippen LogP contribution in [0.2, 0.25) is 0 Å². The van der Waals surface area contributed by atoms with E-state index in [0.717, 1.165) is 0 Å². The lowest BCUT2D eigenvalue weighted by atomic mass is 9.88. The number of ketones is 1. The van der Waals surface area contributed by atoms with Crippen LogP contribution in [0.1, 0.15) is 40.5 Å². The van der Waals surface area contributed by atoms with Crippen molar-refractivity contribution in [1.82, 2.24) is 4.90 Å². The summed E-state index contributed by atoms with van der Waals surface area (Å²) in [5.74, 6) is 1.77. The first-order valence-corrected chi connectivity index (χ1v) is 11.2. The molecule has 0 N–H and O–H groups in total. The Morgan fingerprint density at radius 2 is 1.75 bits per heavy atom. The van der Waals surface area contributed by atoms with E-state index in [-0.39, 0.29) is 17.6 Å². The van der Waals surface area contributed by atoms with Crippen molar-refractivity contribution in [3.8, 4) is 17.2 Å². The molecule has 2 aliphatic heterocycles. The molecule has 0 unspecified atom stereocenters. The molecule has 4 rings (SSSR count). The zero-order valence-electron chi connectivity index (χ0n) is 18.4. The summed E-state index contributed by atoms with van der Waals surface area (Å²) in [5.41, 5.74) is 1.17. The number of nitrogens with zero attached hydrogens (tertiary/aromatic N) is 1. The highest BCUT2D eigenvalue weighted by molar-refractivity contribution is 5.99. The Morgan fingerprint density at radius 3 is 2.53 bits per heavy atom. The summed E-state index contributed by atoms with van der Waals surface area (Å²) in [6, 6.07) is 12.6. The summed E-state index contributed by atoms with van der Waals surface area (Å²) in [7, 11) is 0. The summed E-state index contributed by atoms with van der Waals surface area (Å²) >= 11 is 0. The van der Waals surface area contributed by atoms with Crippen LogP contribution in [0.25, 0.3) is 0 Å². The fourth-order valence-electron chi connectivity index (χ4n) is 4.07. The Labute approximate surface area is 188 Å². The molecule has 2 heterocycles. The van der Waals surface area contributed by atoms with Crippen LogP contribution >= 0.6 is 0 Å². The number of hydrogen-bond acceptors (Lipinski definition) is 6. The zero-order valence-corrected chi connectivity index (χ0v) is 18.4. The highest BCUT2D eigenvalue weighted by atomic mass is 16.6. The van der Waals surface area contributed by atoms with Crippen LogP contribution in [-0.4, -0.2) is 62.7 Å². The van der Waals surface area contributed by atoms with E-state index in [0.29, 0.717) is 87.3 Å². The fourth-order valence-corrected chi connectivity index (χ4v) is 4.07. The fraction of sp³-hybridized carbons (Fsp3) is 0.440. The van der Waals surface area contributed by atoms with Gasteiger partial charge in [0.1, 0.15) is 25.6 Å². The Kier molecular flexibility index (Phi) is 7.27. The van der Waals surface area contributed by atoms with E-state index in [1.807, 2.05) is 19.1 Å². The van der Waals surface area contributed by atoms with Gasteiger partial charge in [-0.2, -0.15) is 0 Å². The third kappa shape index (κ3) is 5.05. The number of amides is 1. The molecule has 0 aromatic heterocycles. The number of fused-ring (bicyclic) bond motifs is 1. The molecule has 7 nitrogen and oxygen atoms in total. The second-order valence-electron chi connectivity index (χ2n) is 7.83. The summed E-state index contributed by atoms with van der Waals surface area (Å²) < 4.78 is 22.2. The average Bonchev–Trinajstić information content (AvgIpc) is 2.86. The number of benzene rings is 2. The number of carbonyl (C=O) groups excluding carboxylic acids is 2. The molecule has 2 aromatic carbocycles. The Hall–Kier alpha value is -3.06. The molecule has 0 saturated carbocycles. The first kappa shape index (κ1) is 22.1. The molecule has 7 heteroatoms. The minimum atomic E-state index is -0.112. The van der Waals surface area contributed by atoms with Gasteiger partial charge in [-0.3, -0.25) is 9.59 Å². The smallest absolute Gasteiger partial charge is 0.257 e. The van der Waals surface area contributed by atoms with E-state index in [4.69, 9.17) is 18.9 Å². The van der Waals surface area contributed by atoms with Crippen molar-refractivity contribution in [2.24, 2.45) is 5.92 Å². The second-order valence-corrected chi connectivity index (χ2v) is 7.83. The van der Waals surface area contributed by atoms with Gasteiger partial charge in [-0.15, -0.1) is 0 Å². The first-order valence-electron chi connectivity index (χ1n) is 11.2. The summed E-state index contributed by atoms with van der Waals surface area (Å²) in [5, 5.41) is 0. The van der Waals surface area contributed by atoms with E-state index in [9.17, 15) is 9.59 Å². The maximum atomic E-state index is 13.1. The SMILES string of the molecule is CCOCCOc1ccccc1C(=O)N1CCC(C(=O)c2ccc3c(c2)OCCO3)CC1. The van der Waals surface area contributed by atoms with Gasteiger partial charge in [-0.25, -0.2) is 0 Å². The molecular formula is C25H29NO6. The number of hydrogen-bond donors (Lipinski definition) is 0. The Morgan fingerprint density at radius 1 is 1.00 bits per heavy atom. The van der Waals surface area contributed by atoms with Crippen LogP contribution in [-0.2, 0) is 4.74 Å². The van der Waals surface area contributed by atoms with Gasteiger partial charge < -0.3 is 23.8 Å². The first-order chi connectivity index (χ1) is 15.7. The monoisotopic (exact) mass is 439 g/mol. The number of para-hydroxylation sites is 1. The highest BCUT2D eigenvalue weighted by Crippen LogP contribution is 2.33. The summed E-state index contributed by atoms with van der Waals surface area (Å²) in [4.78, 5) is 27.9. The quantitative estimate of drug-likeness (QED) is 0.462. The third-order valence-electron chi connectivity index (χ3n) is 5.79. The molecule has 1 saturated heterocycles. The van der Waals surface area contributed by atoms with Gasteiger partial charge in [0.05, 0.1) is 12.2 Å². The minimum Gasteiger partial charge on any atom is -0.490 e. The topological polar surface area (TPSA) is 74.3 Å². The molecular weight excluding hydrogens is 410 g/mol. The largest absolute Gasteiger partial charge is 0.490 e. The summed E-state index contributed by atoms with van der Waals surface area (Å²) in [6.45, 7) is 5.51. The molecule has 0 aliphatic carbocycles. The zero-order chi connectivity index (χ0) is 22.3. The van der Waals surface area contributed by atoms with Crippen LogP contribution < -0.4 is 14.2 Å². The molecule has 32 heavy (non-hydrogen) atoms. The highest BCUT2D eigenvalue weighted by Gasteiger charge is 2.30. The number of carbonyl (C=O) groups is 2. The lowest BCUT2D eigenvalue weighted by molar-refractivity contribution is 0.0643. The predicted molar refractivity (Wildman–Crippen MR) is 119 cm³/mol. The van der Waals surface area contributed by atoms with Crippen LogP contribution in [0.3, 0.4) is 0 Å². The van der Waals surface area contributed by atoms with E-state index in [1.54, 1.807) is 35.2 Å². The van der Waals surface area contributed by atoms with Gasteiger partial charge in [0.15, 0.2) is 17.3 Å². The third-order valence-corrected chi connectivity index (χ3v) is 5.79. The van der Waals surface area contributed by atoms with Crippen LogP contribution in [0, 0.1) is 5.92 Å². The molecule has 1 fully saturated rings. The minimum absolute atomic E-state index is 0.0674. The van der Waals surface area contributed by atoms with Gasteiger partial charge >= 0.3 is 0 Å². The van der Waals surface area contributed by atoms with E-state index < -0.39 is 0 Å². The van der Waals surface area contributed by atoms with Crippen molar-refractivity contribution >= 4 is 11.7 Å². The van der Waals surface area contributed by atoms with Crippen molar-refractivity contribution in [1.29, 1.82) is 0 Å². The number of likely N-dealkylation sites (tertiary alicyclic amines) is 1. The predicted octanol–water partition coefficient (Wildman–Crippen LogP) is 3.61. The van der Waals surface area contributed by atoms with Gasteiger partial charge in [-0.05, 0) is 50.1 Å². The Balaban J connectivity index is 1.35. The second kappa shape index (κ2) is 10.5. The van der Waals surface area contributed by atoms with Crippen molar-refractivity contribution in [2.75, 3.05) is 46.1 Å². The van der Waals surface area contributed by atoms with Crippen molar-refractivity contribution in [3.63, 3.8) is 0 Å². The molecule has 170 valence electrons. The average molecular weight is 440 g/mol. The number of rotatable bonds is 8. The standard InChI is InChI=1S/C25H29NO6/c1-2-29-13-14-30-21-6-4-3-5-20(21)25(28)26-11-9-18(10-12-26)24(27)19-7-8-22-23(17-19)32-16-15-31-22/h3-8,17-18H,2,9-16H2,1H3. The molecule has 1 amide bonds. The Bertz CT molecular complexity index is 951. The van der Waals surface area contributed by atoms with Gasteiger partial charge in [0, 0.05) is 31.2 Å². The van der Waals surface area contributed by atoms with E-state index >= 15 is 0 Å². The molecule has 2 aromatic rings. The maximum absolute atomic E-state index is 13.1. The van der Waals surface area contributed by atoms with Gasteiger partial charge in [0.25, 0.3) is 5.91 Å². The summed E-state index contributed by atoms with van der Waals surface area (Å²) in [6.07, 6.45) is 1.26.